The van der Waals surface area contributed by atoms with Gasteiger partial charge < -0.3 is 19.1 Å². The SMILES string of the molecule is CCCCCOc1ccc(CN2C(=O)C3(OCCCO3)c3cc(Br)ccc32)cc1. The summed E-state index contributed by atoms with van der Waals surface area (Å²) in [6, 6.07) is 13.8. The molecule has 0 aromatic heterocycles. The molecule has 1 saturated heterocycles. The van der Waals surface area contributed by atoms with Crippen LogP contribution in [-0.4, -0.2) is 25.7 Å². The van der Waals surface area contributed by atoms with Crippen molar-refractivity contribution in [2.75, 3.05) is 24.7 Å². The van der Waals surface area contributed by atoms with Crippen molar-refractivity contribution in [3.63, 3.8) is 0 Å². The van der Waals surface area contributed by atoms with E-state index in [2.05, 4.69) is 22.9 Å². The quantitative estimate of drug-likeness (QED) is 0.536. The maximum absolute atomic E-state index is 13.4. The van der Waals surface area contributed by atoms with Gasteiger partial charge in [-0.15, -0.1) is 0 Å². The van der Waals surface area contributed by atoms with Gasteiger partial charge in [0.05, 0.1) is 32.1 Å². The first-order valence-corrected chi connectivity index (χ1v) is 11.0. The molecule has 2 aromatic rings. The van der Waals surface area contributed by atoms with Gasteiger partial charge in [0.1, 0.15) is 5.75 Å². The Bertz CT molecular complexity index is 862. The highest BCUT2D eigenvalue weighted by Gasteiger charge is 2.54. The van der Waals surface area contributed by atoms with Crippen LogP contribution in [0.5, 0.6) is 5.75 Å². The van der Waals surface area contributed by atoms with E-state index < -0.39 is 5.79 Å². The smallest absolute Gasteiger partial charge is 0.292 e. The largest absolute Gasteiger partial charge is 0.494 e. The lowest BCUT2D eigenvalue weighted by atomic mass is 10.1. The van der Waals surface area contributed by atoms with Crippen molar-refractivity contribution >= 4 is 27.5 Å². The average Bonchev–Trinajstić information content (AvgIpc) is 2.95. The van der Waals surface area contributed by atoms with Crippen LogP contribution >= 0.6 is 15.9 Å². The van der Waals surface area contributed by atoms with E-state index in [1.165, 1.54) is 12.8 Å². The number of hydrogen-bond donors (Lipinski definition) is 0. The van der Waals surface area contributed by atoms with Crippen LogP contribution in [0.15, 0.2) is 46.9 Å². The van der Waals surface area contributed by atoms with Crippen molar-refractivity contribution < 1.29 is 19.0 Å². The summed E-state index contributed by atoms with van der Waals surface area (Å²) in [5.74, 6) is -0.623. The first-order chi connectivity index (χ1) is 14.1. The Hall–Kier alpha value is -1.89. The third-order valence-electron chi connectivity index (χ3n) is 5.31. The summed E-state index contributed by atoms with van der Waals surface area (Å²) >= 11 is 3.51. The Kier molecular flexibility index (Phi) is 6.23. The molecule has 1 amide bonds. The van der Waals surface area contributed by atoms with Gasteiger partial charge >= 0.3 is 0 Å². The molecular weight excluding hydrogens is 434 g/mol. The fourth-order valence-corrected chi connectivity index (χ4v) is 4.15. The van der Waals surface area contributed by atoms with Crippen molar-refractivity contribution in [2.24, 2.45) is 0 Å². The molecule has 2 aliphatic rings. The van der Waals surface area contributed by atoms with Gasteiger partial charge in [-0.2, -0.15) is 0 Å². The van der Waals surface area contributed by atoms with Crippen molar-refractivity contribution in [1.82, 2.24) is 0 Å². The van der Waals surface area contributed by atoms with Gasteiger partial charge in [-0.25, -0.2) is 0 Å². The highest BCUT2D eigenvalue weighted by Crippen LogP contribution is 2.46. The second kappa shape index (κ2) is 8.86. The van der Waals surface area contributed by atoms with Crippen molar-refractivity contribution in [3.05, 3.63) is 58.1 Å². The zero-order chi connectivity index (χ0) is 20.3. The molecule has 5 nitrogen and oxygen atoms in total. The third-order valence-corrected chi connectivity index (χ3v) is 5.80. The number of ether oxygens (including phenoxy) is 3. The van der Waals surface area contributed by atoms with E-state index in [-0.39, 0.29) is 5.91 Å². The van der Waals surface area contributed by atoms with Crippen LogP contribution in [0.3, 0.4) is 0 Å². The first kappa shape index (κ1) is 20.4. The van der Waals surface area contributed by atoms with E-state index >= 15 is 0 Å². The fraction of sp³-hybridized carbons (Fsp3) is 0.435. The van der Waals surface area contributed by atoms with Crippen LogP contribution in [0, 0.1) is 0 Å². The zero-order valence-corrected chi connectivity index (χ0v) is 18.2. The van der Waals surface area contributed by atoms with Gasteiger partial charge in [-0.05, 0) is 48.7 Å². The molecule has 0 bridgehead atoms. The summed E-state index contributed by atoms with van der Waals surface area (Å²) in [4.78, 5) is 15.1. The summed E-state index contributed by atoms with van der Waals surface area (Å²) in [5, 5.41) is 0. The molecule has 2 aromatic carbocycles. The van der Waals surface area contributed by atoms with Gasteiger partial charge in [0.2, 0.25) is 0 Å². The van der Waals surface area contributed by atoms with Crippen LogP contribution in [0.2, 0.25) is 0 Å². The minimum atomic E-state index is -1.32. The second-order valence-electron chi connectivity index (χ2n) is 7.42. The number of rotatable bonds is 7. The molecular formula is C23H26BrNO4. The van der Waals surface area contributed by atoms with Crippen molar-refractivity contribution in [2.45, 2.75) is 44.9 Å². The van der Waals surface area contributed by atoms with Gasteiger partial charge in [-0.1, -0.05) is 47.8 Å². The van der Waals surface area contributed by atoms with E-state index in [1.54, 1.807) is 4.90 Å². The average molecular weight is 460 g/mol. The molecule has 2 aliphatic heterocycles. The summed E-state index contributed by atoms with van der Waals surface area (Å²) in [6.45, 7) is 4.39. The molecule has 0 unspecified atom stereocenters. The Morgan fingerprint density at radius 3 is 2.59 bits per heavy atom. The molecule has 154 valence electrons. The summed E-state index contributed by atoms with van der Waals surface area (Å²) in [5.41, 5.74) is 2.63. The Morgan fingerprint density at radius 2 is 1.86 bits per heavy atom. The maximum atomic E-state index is 13.4. The predicted octanol–water partition coefficient (Wildman–Crippen LogP) is 5.15. The van der Waals surface area contributed by atoms with Gasteiger partial charge in [-0.3, -0.25) is 4.79 Å². The number of halogens is 1. The number of fused-ring (bicyclic) bond motifs is 2. The van der Waals surface area contributed by atoms with Crippen molar-refractivity contribution in [1.29, 1.82) is 0 Å². The van der Waals surface area contributed by atoms with E-state index in [4.69, 9.17) is 14.2 Å². The monoisotopic (exact) mass is 459 g/mol. The number of hydrogen-bond acceptors (Lipinski definition) is 4. The summed E-state index contributed by atoms with van der Waals surface area (Å²) < 4.78 is 18.5. The van der Waals surface area contributed by atoms with Gasteiger partial charge in [0.25, 0.3) is 11.7 Å². The lowest BCUT2D eigenvalue weighted by Crippen LogP contribution is -2.47. The first-order valence-electron chi connectivity index (χ1n) is 10.3. The minimum Gasteiger partial charge on any atom is -0.494 e. The number of anilines is 1. The number of carbonyl (C=O) groups excluding carboxylic acids is 1. The topological polar surface area (TPSA) is 48.0 Å². The summed E-state index contributed by atoms with van der Waals surface area (Å²) in [7, 11) is 0. The predicted molar refractivity (Wildman–Crippen MR) is 115 cm³/mol. The molecule has 29 heavy (non-hydrogen) atoms. The molecule has 0 radical (unpaired) electrons. The lowest BCUT2D eigenvalue weighted by Gasteiger charge is -2.32. The van der Waals surface area contributed by atoms with Crippen molar-refractivity contribution in [3.8, 4) is 5.75 Å². The number of unbranched alkanes of at least 4 members (excludes halogenated alkanes) is 2. The third kappa shape index (κ3) is 4.06. The van der Waals surface area contributed by atoms with E-state index in [1.807, 2.05) is 42.5 Å². The Balaban J connectivity index is 1.52. The van der Waals surface area contributed by atoms with Crippen LogP contribution < -0.4 is 9.64 Å². The number of carbonyl (C=O) groups is 1. The van der Waals surface area contributed by atoms with Crippen LogP contribution in [0.1, 0.15) is 43.7 Å². The van der Waals surface area contributed by atoms with Crippen LogP contribution in [-0.2, 0) is 26.6 Å². The highest BCUT2D eigenvalue weighted by atomic mass is 79.9. The molecule has 0 aliphatic carbocycles. The maximum Gasteiger partial charge on any atom is 0.292 e. The molecule has 0 N–H and O–H groups in total. The zero-order valence-electron chi connectivity index (χ0n) is 16.7. The summed E-state index contributed by atoms with van der Waals surface area (Å²) in [6.07, 6.45) is 4.21. The molecule has 6 heteroatoms. The molecule has 4 rings (SSSR count). The van der Waals surface area contributed by atoms with E-state index in [9.17, 15) is 4.79 Å². The van der Waals surface area contributed by atoms with Gasteiger partial charge in [0, 0.05) is 10.0 Å². The lowest BCUT2D eigenvalue weighted by molar-refractivity contribution is -0.256. The molecule has 1 spiro atoms. The number of benzene rings is 2. The molecule has 0 atom stereocenters. The highest BCUT2D eigenvalue weighted by molar-refractivity contribution is 9.10. The molecule has 0 saturated carbocycles. The minimum absolute atomic E-state index is 0.162. The standard InChI is InChI=1S/C23H26BrNO4/c1-2-3-4-12-27-19-9-6-17(7-10-19)16-25-21-11-8-18(24)15-20(21)23(22(25)26)28-13-5-14-29-23/h6-11,15H,2-5,12-14,16H2,1H3. The molecule has 1 fully saturated rings. The number of amides is 1. The fourth-order valence-electron chi connectivity index (χ4n) is 3.79. The van der Waals surface area contributed by atoms with Crippen LogP contribution in [0.25, 0.3) is 0 Å². The van der Waals surface area contributed by atoms with E-state index in [0.29, 0.717) is 19.8 Å². The van der Waals surface area contributed by atoms with Gasteiger partial charge in [0.15, 0.2) is 0 Å². The Morgan fingerprint density at radius 1 is 1.10 bits per heavy atom. The number of nitrogens with zero attached hydrogens (tertiary/aromatic N) is 1. The Labute approximate surface area is 180 Å². The van der Waals surface area contributed by atoms with E-state index in [0.717, 1.165) is 46.5 Å². The second-order valence-corrected chi connectivity index (χ2v) is 8.34. The molecule has 2 heterocycles. The van der Waals surface area contributed by atoms with Crippen LogP contribution in [0.4, 0.5) is 5.69 Å². The normalized spacial score (nSPS) is 17.6.